The smallest absolute Gasteiger partial charge is 0.229 e. The van der Waals surface area contributed by atoms with Gasteiger partial charge in [0.1, 0.15) is 5.82 Å². The fourth-order valence-corrected chi connectivity index (χ4v) is 3.58. The maximum atomic E-state index is 11.6. The highest BCUT2D eigenvalue weighted by Gasteiger charge is 2.31. The van der Waals surface area contributed by atoms with E-state index in [0.29, 0.717) is 36.2 Å². The number of aromatic nitrogens is 3. The number of nitrogens with zero attached hydrogens (tertiary/aromatic N) is 4. The summed E-state index contributed by atoms with van der Waals surface area (Å²) in [5.41, 5.74) is 1.02. The van der Waals surface area contributed by atoms with E-state index in [1.54, 1.807) is 0 Å². The maximum absolute atomic E-state index is 11.6. The molecule has 0 bridgehead atoms. The molecule has 2 amide bonds. The van der Waals surface area contributed by atoms with E-state index in [1.165, 1.54) is 16.7 Å². The summed E-state index contributed by atoms with van der Waals surface area (Å²) in [5, 5.41) is 5.33. The Morgan fingerprint density at radius 3 is 2.46 bits per heavy atom. The molecule has 0 unspecified atom stereocenters. The largest absolute Gasteiger partial charge is 0.282 e. The highest BCUT2D eigenvalue weighted by atomic mass is 32.2. The molecule has 0 N–H and O–H groups in total. The third kappa shape index (κ3) is 3.08. The van der Waals surface area contributed by atoms with Crippen LogP contribution in [0.1, 0.15) is 37.4 Å². The van der Waals surface area contributed by atoms with Gasteiger partial charge in [0.05, 0.1) is 5.69 Å². The zero-order valence-electron chi connectivity index (χ0n) is 13.2. The van der Waals surface area contributed by atoms with Crippen LogP contribution in [0.3, 0.4) is 0 Å². The summed E-state index contributed by atoms with van der Waals surface area (Å²) in [7, 11) is 0. The molecule has 2 aromatic rings. The van der Waals surface area contributed by atoms with Crippen LogP contribution >= 0.6 is 11.8 Å². The summed E-state index contributed by atoms with van der Waals surface area (Å²) in [6.07, 6.45) is 3.01. The van der Waals surface area contributed by atoms with E-state index in [2.05, 4.69) is 10.1 Å². The van der Waals surface area contributed by atoms with Crippen LogP contribution in [0.5, 0.6) is 0 Å². The van der Waals surface area contributed by atoms with Gasteiger partial charge in [-0.15, -0.1) is 5.10 Å². The number of carbonyl (C=O) groups excluding carboxylic acids is 2. The first-order valence-corrected chi connectivity index (χ1v) is 9.19. The first kappa shape index (κ1) is 15.4. The third-order valence-electron chi connectivity index (χ3n) is 4.26. The Labute approximate surface area is 144 Å². The number of rotatable bonds is 6. The van der Waals surface area contributed by atoms with Gasteiger partial charge < -0.3 is 0 Å². The lowest BCUT2D eigenvalue weighted by molar-refractivity contribution is -0.137. The predicted octanol–water partition coefficient (Wildman–Crippen LogP) is 2.39. The molecule has 0 radical (unpaired) electrons. The molecule has 2 heterocycles. The molecule has 6 nitrogen and oxygen atoms in total. The van der Waals surface area contributed by atoms with Gasteiger partial charge in [0.25, 0.3) is 0 Å². The van der Waals surface area contributed by atoms with Crippen molar-refractivity contribution in [3.8, 4) is 5.69 Å². The molecule has 124 valence electrons. The van der Waals surface area contributed by atoms with Gasteiger partial charge in [0.2, 0.25) is 17.0 Å². The van der Waals surface area contributed by atoms with Crippen molar-refractivity contribution in [2.45, 2.75) is 36.8 Å². The second kappa shape index (κ2) is 6.39. The minimum Gasteiger partial charge on any atom is -0.282 e. The molecule has 1 aliphatic carbocycles. The number of para-hydroxylation sites is 1. The quantitative estimate of drug-likeness (QED) is 0.595. The zero-order chi connectivity index (χ0) is 16.5. The van der Waals surface area contributed by atoms with Crippen LogP contribution in [0.15, 0.2) is 35.5 Å². The predicted molar refractivity (Wildman–Crippen MR) is 90.0 cm³/mol. The van der Waals surface area contributed by atoms with E-state index in [-0.39, 0.29) is 11.8 Å². The summed E-state index contributed by atoms with van der Waals surface area (Å²) in [5.74, 6) is 2.00. The molecular formula is C17H18N4O2S. The molecular weight excluding hydrogens is 324 g/mol. The van der Waals surface area contributed by atoms with Crippen molar-refractivity contribution in [3.05, 3.63) is 36.2 Å². The summed E-state index contributed by atoms with van der Waals surface area (Å²) >= 11 is 1.50. The Balaban J connectivity index is 1.46. The summed E-state index contributed by atoms with van der Waals surface area (Å²) in [6, 6.07) is 10.0. The van der Waals surface area contributed by atoms with Gasteiger partial charge in [-0.2, -0.15) is 0 Å². The van der Waals surface area contributed by atoms with Gasteiger partial charge in [-0.05, 0) is 25.0 Å². The highest BCUT2D eigenvalue weighted by molar-refractivity contribution is 7.99. The first-order chi connectivity index (χ1) is 11.7. The highest BCUT2D eigenvalue weighted by Crippen LogP contribution is 2.40. The molecule has 2 aliphatic rings. The molecule has 1 aromatic carbocycles. The lowest BCUT2D eigenvalue weighted by Crippen LogP contribution is -2.31. The van der Waals surface area contributed by atoms with Gasteiger partial charge >= 0.3 is 0 Å². The van der Waals surface area contributed by atoms with Gasteiger partial charge in [-0.25, -0.2) is 9.67 Å². The van der Waals surface area contributed by atoms with Crippen molar-refractivity contribution in [1.29, 1.82) is 0 Å². The number of amides is 2. The monoisotopic (exact) mass is 342 g/mol. The average molecular weight is 342 g/mol. The molecule has 1 saturated carbocycles. The van der Waals surface area contributed by atoms with E-state index in [0.717, 1.165) is 24.4 Å². The lowest BCUT2D eigenvalue weighted by atomic mass is 10.3. The van der Waals surface area contributed by atoms with E-state index >= 15 is 0 Å². The SMILES string of the molecule is O=C1CCC(=O)N1CCSc1nc(C2CC2)n(-c2ccccc2)n1. The molecule has 0 atom stereocenters. The van der Waals surface area contributed by atoms with Crippen LogP contribution in [-0.2, 0) is 9.59 Å². The van der Waals surface area contributed by atoms with Crippen molar-refractivity contribution >= 4 is 23.6 Å². The number of thioether (sulfide) groups is 1. The zero-order valence-corrected chi connectivity index (χ0v) is 14.0. The van der Waals surface area contributed by atoms with Crippen LogP contribution in [0.25, 0.3) is 5.69 Å². The molecule has 2 fully saturated rings. The van der Waals surface area contributed by atoms with Crippen LogP contribution in [-0.4, -0.2) is 43.8 Å². The molecule has 1 aromatic heterocycles. The van der Waals surface area contributed by atoms with Crippen molar-refractivity contribution < 1.29 is 9.59 Å². The Hall–Kier alpha value is -2.15. The van der Waals surface area contributed by atoms with Gasteiger partial charge in [0.15, 0.2) is 0 Å². The number of carbonyl (C=O) groups is 2. The topological polar surface area (TPSA) is 68.1 Å². The minimum atomic E-state index is -0.0676. The number of hydrogen-bond donors (Lipinski definition) is 0. The Bertz CT molecular complexity index is 754. The second-order valence-corrected chi connectivity index (χ2v) is 7.12. The van der Waals surface area contributed by atoms with Crippen molar-refractivity contribution in [2.75, 3.05) is 12.3 Å². The number of benzene rings is 1. The van der Waals surface area contributed by atoms with Crippen LogP contribution in [0.4, 0.5) is 0 Å². The van der Waals surface area contributed by atoms with Gasteiger partial charge in [0, 0.05) is 31.1 Å². The first-order valence-electron chi connectivity index (χ1n) is 8.21. The molecule has 0 spiro atoms. The molecule has 1 saturated heterocycles. The molecule has 24 heavy (non-hydrogen) atoms. The number of likely N-dealkylation sites (tertiary alicyclic amines) is 1. The summed E-state index contributed by atoms with van der Waals surface area (Å²) in [6.45, 7) is 0.432. The fourth-order valence-electron chi connectivity index (χ4n) is 2.83. The summed E-state index contributed by atoms with van der Waals surface area (Å²) < 4.78 is 1.92. The molecule has 7 heteroatoms. The third-order valence-corrected chi connectivity index (χ3v) is 5.07. The fraction of sp³-hybridized carbons (Fsp3) is 0.412. The van der Waals surface area contributed by atoms with E-state index in [9.17, 15) is 9.59 Å². The maximum Gasteiger partial charge on any atom is 0.229 e. The minimum absolute atomic E-state index is 0.0676. The van der Waals surface area contributed by atoms with Crippen LogP contribution in [0.2, 0.25) is 0 Å². The van der Waals surface area contributed by atoms with Crippen LogP contribution in [0, 0.1) is 0 Å². The van der Waals surface area contributed by atoms with E-state index in [4.69, 9.17) is 0 Å². The van der Waals surface area contributed by atoms with Crippen molar-refractivity contribution in [3.63, 3.8) is 0 Å². The standard InChI is InChI=1S/C17H18N4O2S/c22-14-8-9-15(23)20(14)10-11-24-17-18-16(12-6-7-12)21(19-17)13-4-2-1-3-5-13/h1-5,12H,6-11H2. The molecule has 1 aliphatic heterocycles. The lowest BCUT2D eigenvalue weighted by Gasteiger charge is -2.11. The van der Waals surface area contributed by atoms with Gasteiger partial charge in [-0.3, -0.25) is 14.5 Å². The van der Waals surface area contributed by atoms with Crippen LogP contribution < -0.4 is 0 Å². The Kier molecular flexibility index (Phi) is 4.10. The summed E-state index contributed by atoms with van der Waals surface area (Å²) in [4.78, 5) is 29.3. The number of hydrogen-bond acceptors (Lipinski definition) is 5. The number of imide groups is 1. The van der Waals surface area contributed by atoms with E-state index < -0.39 is 0 Å². The van der Waals surface area contributed by atoms with Crippen molar-refractivity contribution in [1.82, 2.24) is 19.7 Å². The average Bonchev–Trinajstić information content (AvgIpc) is 3.29. The van der Waals surface area contributed by atoms with Gasteiger partial charge in [-0.1, -0.05) is 30.0 Å². The normalized spacial score (nSPS) is 17.8. The molecule has 4 rings (SSSR count). The van der Waals surface area contributed by atoms with Crippen molar-refractivity contribution in [2.24, 2.45) is 0 Å². The van der Waals surface area contributed by atoms with E-state index in [1.807, 2.05) is 35.0 Å². The Morgan fingerprint density at radius 2 is 1.79 bits per heavy atom. The second-order valence-electron chi connectivity index (χ2n) is 6.06. The Morgan fingerprint density at radius 1 is 1.08 bits per heavy atom.